The Hall–Kier alpha value is -1.33. The highest BCUT2D eigenvalue weighted by atomic mass is 127. The third-order valence-corrected chi connectivity index (χ3v) is 6.20. The van der Waals surface area contributed by atoms with Crippen LogP contribution < -0.4 is 5.32 Å². The summed E-state index contributed by atoms with van der Waals surface area (Å²) in [6, 6.07) is 6.59. The zero-order chi connectivity index (χ0) is 21.5. The van der Waals surface area contributed by atoms with Crippen molar-refractivity contribution in [1.29, 1.82) is 0 Å². The summed E-state index contributed by atoms with van der Waals surface area (Å²) in [7, 11) is 1.98. The highest BCUT2D eigenvalue weighted by molar-refractivity contribution is 14.0. The SMILES string of the molecule is CSCCCNC(=NCc1nnc(C)n1C)N1CCOC(c2ccc(C)cc2C)C1.I. The van der Waals surface area contributed by atoms with Crippen LogP contribution in [0.25, 0.3) is 0 Å². The molecule has 1 aromatic heterocycles. The third-order valence-electron chi connectivity index (χ3n) is 5.50. The molecule has 0 radical (unpaired) electrons. The largest absolute Gasteiger partial charge is 0.370 e. The number of aromatic nitrogens is 3. The van der Waals surface area contributed by atoms with Crippen LogP contribution in [0.2, 0.25) is 0 Å². The first-order valence-corrected chi connectivity index (χ1v) is 11.9. The van der Waals surface area contributed by atoms with Crippen LogP contribution >= 0.6 is 35.7 Å². The average Bonchev–Trinajstić information content (AvgIpc) is 3.05. The van der Waals surface area contributed by atoms with Crippen molar-refractivity contribution in [2.24, 2.45) is 12.0 Å². The fourth-order valence-electron chi connectivity index (χ4n) is 3.64. The first-order chi connectivity index (χ1) is 14.5. The number of hydrogen-bond donors (Lipinski definition) is 1. The maximum atomic E-state index is 6.14. The Morgan fingerprint density at radius 2 is 2.10 bits per heavy atom. The molecule has 9 heteroatoms. The molecule has 2 heterocycles. The Kier molecular flexibility index (Phi) is 10.6. The monoisotopic (exact) mass is 558 g/mol. The Balaban J connectivity index is 0.00000341. The fourth-order valence-corrected chi connectivity index (χ4v) is 4.07. The summed E-state index contributed by atoms with van der Waals surface area (Å²) in [4.78, 5) is 7.22. The van der Waals surface area contributed by atoms with Gasteiger partial charge in [0.15, 0.2) is 11.8 Å². The smallest absolute Gasteiger partial charge is 0.194 e. The molecule has 7 nitrogen and oxygen atoms in total. The van der Waals surface area contributed by atoms with Crippen molar-refractivity contribution in [3.05, 3.63) is 46.5 Å². The Morgan fingerprint density at radius 1 is 1.29 bits per heavy atom. The van der Waals surface area contributed by atoms with Gasteiger partial charge in [-0.2, -0.15) is 11.8 Å². The van der Waals surface area contributed by atoms with Gasteiger partial charge in [-0.1, -0.05) is 23.8 Å². The number of aliphatic imine (C=N–C) groups is 1. The summed E-state index contributed by atoms with van der Waals surface area (Å²) in [5.41, 5.74) is 3.82. The second kappa shape index (κ2) is 12.6. The fraction of sp³-hybridized carbons (Fsp3) is 0.591. The van der Waals surface area contributed by atoms with Crippen LogP contribution in [-0.4, -0.2) is 63.9 Å². The van der Waals surface area contributed by atoms with Gasteiger partial charge in [0.25, 0.3) is 0 Å². The molecule has 3 rings (SSSR count). The van der Waals surface area contributed by atoms with E-state index < -0.39 is 0 Å². The van der Waals surface area contributed by atoms with Crippen molar-refractivity contribution in [2.45, 2.75) is 39.8 Å². The summed E-state index contributed by atoms with van der Waals surface area (Å²) in [6.45, 7) is 9.96. The number of morpholine rings is 1. The minimum atomic E-state index is 0. The van der Waals surface area contributed by atoms with Gasteiger partial charge in [0.05, 0.1) is 13.2 Å². The highest BCUT2D eigenvalue weighted by Gasteiger charge is 2.25. The normalized spacial score (nSPS) is 16.9. The number of guanidine groups is 1. The number of hydrogen-bond acceptors (Lipinski definition) is 5. The molecule has 2 aromatic rings. The van der Waals surface area contributed by atoms with E-state index in [4.69, 9.17) is 9.73 Å². The van der Waals surface area contributed by atoms with Crippen LogP contribution in [0.15, 0.2) is 23.2 Å². The maximum Gasteiger partial charge on any atom is 0.194 e. The van der Waals surface area contributed by atoms with Crippen molar-refractivity contribution < 1.29 is 4.74 Å². The van der Waals surface area contributed by atoms with Crippen LogP contribution in [0.3, 0.4) is 0 Å². The first-order valence-electron chi connectivity index (χ1n) is 10.6. The second-order valence-electron chi connectivity index (χ2n) is 7.80. The van der Waals surface area contributed by atoms with Crippen molar-refractivity contribution in [1.82, 2.24) is 25.0 Å². The van der Waals surface area contributed by atoms with Crippen LogP contribution in [0.5, 0.6) is 0 Å². The lowest BCUT2D eigenvalue weighted by Gasteiger charge is -2.36. The molecule has 1 aliphatic heterocycles. The van der Waals surface area contributed by atoms with Crippen LogP contribution in [0, 0.1) is 20.8 Å². The molecule has 1 saturated heterocycles. The van der Waals surface area contributed by atoms with E-state index in [2.05, 4.69) is 58.7 Å². The zero-order valence-corrected chi connectivity index (χ0v) is 22.4. The zero-order valence-electron chi connectivity index (χ0n) is 19.2. The van der Waals surface area contributed by atoms with Crippen molar-refractivity contribution >= 4 is 41.7 Å². The molecule has 1 aliphatic rings. The minimum absolute atomic E-state index is 0. The van der Waals surface area contributed by atoms with Crippen LogP contribution in [0.4, 0.5) is 0 Å². The molecule has 172 valence electrons. The number of rotatable bonds is 7. The maximum absolute atomic E-state index is 6.14. The Bertz CT molecular complexity index is 872. The minimum Gasteiger partial charge on any atom is -0.370 e. The standard InChI is InChI=1S/C22H34N6OS.HI/c1-16-7-8-19(17(2)13-16)20-15-28(10-11-29-20)22(23-9-6-12-30-5)24-14-21-26-25-18(3)27(21)4;/h7-8,13,20H,6,9-12,14-15H2,1-5H3,(H,23,24);1H. The molecule has 0 bridgehead atoms. The van der Waals surface area contributed by atoms with Gasteiger partial charge >= 0.3 is 0 Å². The number of aryl methyl sites for hydroxylation is 3. The van der Waals surface area contributed by atoms with Crippen molar-refractivity contribution in [3.8, 4) is 0 Å². The molecule has 0 amide bonds. The van der Waals surface area contributed by atoms with Gasteiger partial charge in [-0.3, -0.25) is 0 Å². The number of nitrogens with one attached hydrogen (secondary N) is 1. The molecular weight excluding hydrogens is 523 g/mol. The molecule has 1 unspecified atom stereocenters. The number of halogens is 1. The number of ether oxygens (including phenoxy) is 1. The molecule has 0 aliphatic carbocycles. The lowest BCUT2D eigenvalue weighted by molar-refractivity contribution is -0.00837. The number of thioether (sulfide) groups is 1. The van der Waals surface area contributed by atoms with Gasteiger partial charge in [0, 0.05) is 20.1 Å². The van der Waals surface area contributed by atoms with Crippen molar-refractivity contribution in [2.75, 3.05) is 38.2 Å². The second-order valence-corrected chi connectivity index (χ2v) is 8.79. The van der Waals surface area contributed by atoms with Crippen LogP contribution in [-0.2, 0) is 18.3 Å². The van der Waals surface area contributed by atoms with Gasteiger partial charge < -0.3 is 19.5 Å². The number of nitrogens with zero attached hydrogens (tertiary/aromatic N) is 5. The molecule has 0 saturated carbocycles. The molecule has 1 atom stereocenters. The van der Waals surface area contributed by atoms with Gasteiger partial charge in [0.1, 0.15) is 18.5 Å². The van der Waals surface area contributed by atoms with E-state index in [9.17, 15) is 0 Å². The van der Waals surface area contributed by atoms with E-state index in [-0.39, 0.29) is 30.1 Å². The molecule has 1 aromatic carbocycles. The van der Waals surface area contributed by atoms with E-state index in [1.54, 1.807) is 0 Å². The van der Waals surface area contributed by atoms with E-state index >= 15 is 0 Å². The van der Waals surface area contributed by atoms with Gasteiger partial charge in [-0.25, -0.2) is 4.99 Å². The molecule has 1 N–H and O–H groups in total. The quantitative estimate of drug-likeness (QED) is 0.242. The van der Waals surface area contributed by atoms with E-state index in [0.717, 1.165) is 49.4 Å². The lowest BCUT2D eigenvalue weighted by Crippen LogP contribution is -2.48. The van der Waals surface area contributed by atoms with Crippen molar-refractivity contribution in [3.63, 3.8) is 0 Å². The Morgan fingerprint density at radius 3 is 2.77 bits per heavy atom. The average molecular weight is 559 g/mol. The summed E-state index contributed by atoms with van der Waals surface area (Å²) in [6.07, 6.45) is 3.30. The van der Waals surface area contributed by atoms with Crippen LogP contribution in [0.1, 0.15) is 40.9 Å². The summed E-state index contributed by atoms with van der Waals surface area (Å²) < 4.78 is 8.13. The first kappa shape index (κ1) is 25.9. The molecular formula is C22H35IN6OS. The third kappa shape index (κ3) is 7.08. The van der Waals surface area contributed by atoms with Gasteiger partial charge in [0.2, 0.25) is 0 Å². The lowest BCUT2D eigenvalue weighted by atomic mass is 10.00. The highest BCUT2D eigenvalue weighted by Crippen LogP contribution is 2.26. The van der Waals surface area contributed by atoms with E-state index in [0.29, 0.717) is 13.2 Å². The molecule has 31 heavy (non-hydrogen) atoms. The Labute approximate surface area is 207 Å². The summed E-state index contributed by atoms with van der Waals surface area (Å²) in [5.74, 6) is 3.83. The van der Waals surface area contributed by atoms with E-state index in [1.807, 2.05) is 30.3 Å². The summed E-state index contributed by atoms with van der Waals surface area (Å²) in [5, 5.41) is 12.0. The van der Waals surface area contributed by atoms with Gasteiger partial charge in [-0.05, 0) is 50.3 Å². The number of benzene rings is 1. The topological polar surface area (TPSA) is 67.6 Å². The summed E-state index contributed by atoms with van der Waals surface area (Å²) >= 11 is 1.87. The predicted molar refractivity (Wildman–Crippen MR) is 139 cm³/mol. The van der Waals surface area contributed by atoms with E-state index in [1.165, 1.54) is 16.7 Å². The molecule has 0 spiro atoms. The van der Waals surface area contributed by atoms with Gasteiger partial charge in [-0.15, -0.1) is 34.2 Å². The molecule has 1 fully saturated rings. The predicted octanol–water partition coefficient (Wildman–Crippen LogP) is 3.63.